The van der Waals surface area contributed by atoms with Gasteiger partial charge in [-0.05, 0) is 44.5 Å². The van der Waals surface area contributed by atoms with E-state index >= 15 is 0 Å². The highest BCUT2D eigenvalue weighted by Crippen LogP contribution is 2.21. The average molecular weight is 291 g/mol. The molecule has 0 spiro atoms. The largest absolute Gasteiger partial charge is 0.475 e. The summed E-state index contributed by atoms with van der Waals surface area (Å²) in [5, 5.41) is 13.1. The lowest BCUT2D eigenvalue weighted by molar-refractivity contribution is -0.00897. The number of hydrogen-bond acceptors (Lipinski definition) is 4. The van der Waals surface area contributed by atoms with E-state index in [4.69, 9.17) is 14.3 Å². The number of furan rings is 1. The fraction of sp³-hybridized carbons (Fsp3) is 0.438. The summed E-state index contributed by atoms with van der Waals surface area (Å²) in [6, 6.07) is 7.21. The molecule has 0 aliphatic heterocycles. The molecule has 114 valence electrons. The molecule has 2 N–H and O–H groups in total. The summed E-state index contributed by atoms with van der Waals surface area (Å²) in [4.78, 5) is 10.9. The first-order valence-corrected chi connectivity index (χ1v) is 7.02. The van der Waals surface area contributed by atoms with Crippen LogP contribution in [0.25, 0.3) is 11.0 Å². The van der Waals surface area contributed by atoms with E-state index in [0.29, 0.717) is 18.7 Å². The quantitative estimate of drug-likeness (QED) is 0.820. The molecule has 0 aliphatic carbocycles. The summed E-state index contributed by atoms with van der Waals surface area (Å²) in [5.41, 5.74) is 1.46. The SMILES string of the molecule is CCOC(C)(C)CNCc1ccc2oc(C(=O)O)cc2c1. The zero-order valence-electron chi connectivity index (χ0n) is 12.6. The minimum absolute atomic E-state index is 0.0346. The molecule has 1 heterocycles. The maximum absolute atomic E-state index is 10.9. The van der Waals surface area contributed by atoms with E-state index in [1.54, 1.807) is 12.1 Å². The van der Waals surface area contributed by atoms with Gasteiger partial charge in [-0.25, -0.2) is 4.79 Å². The van der Waals surface area contributed by atoms with Gasteiger partial charge in [0.1, 0.15) is 5.58 Å². The molecule has 0 amide bonds. The second kappa shape index (κ2) is 6.28. The smallest absolute Gasteiger partial charge is 0.371 e. The number of rotatable bonds is 7. The fourth-order valence-corrected chi connectivity index (χ4v) is 2.26. The summed E-state index contributed by atoms with van der Waals surface area (Å²) in [6.45, 7) is 8.19. The van der Waals surface area contributed by atoms with Gasteiger partial charge < -0.3 is 19.6 Å². The van der Waals surface area contributed by atoms with Gasteiger partial charge in [-0.2, -0.15) is 0 Å². The van der Waals surface area contributed by atoms with E-state index in [1.807, 2.05) is 32.9 Å². The Kier molecular flexibility index (Phi) is 4.65. The van der Waals surface area contributed by atoms with E-state index in [2.05, 4.69) is 5.32 Å². The Morgan fingerprint density at radius 2 is 2.14 bits per heavy atom. The summed E-state index contributed by atoms with van der Waals surface area (Å²) in [6.07, 6.45) is 0. The minimum atomic E-state index is -1.05. The van der Waals surface area contributed by atoms with Crippen LogP contribution in [0.5, 0.6) is 0 Å². The summed E-state index contributed by atoms with van der Waals surface area (Å²) >= 11 is 0. The van der Waals surface area contributed by atoms with Gasteiger partial charge in [-0.15, -0.1) is 0 Å². The summed E-state index contributed by atoms with van der Waals surface area (Å²) in [7, 11) is 0. The van der Waals surface area contributed by atoms with Crippen LogP contribution in [0.4, 0.5) is 0 Å². The number of carbonyl (C=O) groups is 1. The van der Waals surface area contributed by atoms with Gasteiger partial charge in [0.05, 0.1) is 5.60 Å². The predicted molar refractivity (Wildman–Crippen MR) is 80.6 cm³/mol. The molecule has 5 nitrogen and oxygen atoms in total. The zero-order chi connectivity index (χ0) is 15.5. The van der Waals surface area contributed by atoms with Crippen LogP contribution in [-0.4, -0.2) is 29.8 Å². The molecule has 1 aromatic heterocycles. The van der Waals surface area contributed by atoms with Crippen LogP contribution in [0.3, 0.4) is 0 Å². The van der Waals surface area contributed by atoms with E-state index in [-0.39, 0.29) is 11.4 Å². The molecule has 0 saturated carbocycles. The van der Waals surface area contributed by atoms with Gasteiger partial charge in [0.2, 0.25) is 5.76 Å². The molecule has 21 heavy (non-hydrogen) atoms. The lowest BCUT2D eigenvalue weighted by Crippen LogP contribution is -2.37. The Hall–Kier alpha value is -1.85. The van der Waals surface area contributed by atoms with Crippen molar-refractivity contribution in [3.05, 3.63) is 35.6 Å². The Morgan fingerprint density at radius 1 is 1.38 bits per heavy atom. The van der Waals surface area contributed by atoms with Gasteiger partial charge >= 0.3 is 5.97 Å². The van der Waals surface area contributed by atoms with Gasteiger partial charge in [0.25, 0.3) is 0 Å². The molecule has 5 heteroatoms. The lowest BCUT2D eigenvalue weighted by Gasteiger charge is -2.25. The maximum Gasteiger partial charge on any atom is 0.371 e. The number of carboxylic acids is 1. The first kappa shape index (κ1) is 15.5. The van der Waals surface area contributed by atoms with Crippen LogP contribution in [0, 0.1) is 0 Å². The van der Waals surface area contributed by atoms with Crippen LogP contribution >= 0.6 is 0 Å². The third kappa shape index (κ3) is 4.06. The summed E-state index contributed by atoms with van der Waals surface area (Å²) in [5.74, 6) is -1.09. The van der Waals surface area contributed by atoms with Crippen LogP contribution in [0.15, 0.2) is 28.7 Å². The van der Waals surface area contributed by atoms with Crippen molar-refractivity contribution in [1.82, 2.24) is 5.32 Å². The van der Waals surface area contributed by atoms with Crippen molar-refractivity contribution in [2.75, 3.05) is 13.2 Å². The first-order valence-electron chi connectivity index (χ1n) is 7.02. The van der Waals surface area contributed by atoms with Crippen molar-refractivity contribution in [2.45, 2.75) is 32.9 Å². The van der Waals surface area contributed by atoms with Crippen LogP contribution in [0.2, 0.25) is 0 Å². The standard InChI is InChI=1S/C16H21NO4/c1-4-20-16(2,3)10-17-9-11-5-6-13-12(7-11)8-14(21-13)15(18)19/h5-8,17H,4,9-10H2,1-3H3,(H,18,19). The third-order valence-electron chi connectivity index (χ3n) is 3.21. The van der Waals surface area contributed by atoms with Crippen molar-refractivity contribution < 1.29 is 19.1 Å². The topological polar surface area (TPSA) is 71.7 Å². The number of nitrogens with one attached hydrogen (secondary N) is 1. The number of ether oxygens (including phenoxy) is 1. The second-order valence-corrected chi connectivity index (χ2v) is 5.58. The molecule has 0 bridgehead atoms. The molecule has 0 aliphatic rings. The summed E-state index contributed by atoms with van der Waals surface area (Å²) < 4.78 is 10.9. The Morgan fingerprint density at radius 3 is 2.81 bits per heavy atom. The molecule has 2 aromatic rings. The molecule has 1 aromatic carbocycles. The molecular formula is C16H21NO4. The van der Waals surface area contributed by atoms with E-state index < -0.39 is 5.97 Å². The van der Waals surface area contributed by atoms with E-state index in [0.717, 1.165) is 17.5 Å². The van der Waals surface area contributed by atoms with Gasteiger partial charge in [0, 0.05) is 25.1 Å². The number of carboxylic acid groups (broad SMARTS) is 1. The van der Waals surface area contributed by atoms with E-state index in [1.165, 1.54) is 0 Å². The Labute approximate surface area is 123 Å². The number of benzene rings is 1. The molecular weight excluding hydrogens is 270 g/mol. The maximum atomic E-state index is 10.9. The first-order chi connectivity index (χ1) is 9.91. The predicted octanol–water partition coefficient (Wildman–Crippen LogP) is 3.04. The van der Waals surface area contributed by atoms with Gasteiger partial charge in [0.15, 0.2) is 0 Å². The Bertz CT molecular complexity index is 630. The monoisotopic (exact) mass is 291 g/mol. The minimum Gasteiger partial charge on any atom is -0.475 e. The van der Waals surface area contributed by atoms with Crippen LogP contribution in [0.1, 0.15) is 36.9 Å². The average Bonchev–Trinajstić information content (AvgIpc) is 2.81. The molecule has 0 atom stereocenters. The number of aromatic carboxylic acids is 1. The molecule has 0 radical (unpaired) electrons. The number of hydrogen-bond donors (Lipinski definition) is 2. The van der Waals surface area contributed by atoms with Gasteiger partial charge in [-0.3, -0.25) is 0 Å². The third-order valence-corrected chi connectivity index (χ3v) is 3.21. The van der Waals surface area contributed by atoms with Crippen molar-refractivity contribution >= 4 is 16.9 Å². The number of fused-ring (bicyclic) bond motifs is 1. The highest BCUT2D eigenvalue weighted by molar-refractivity contribution is 5.91. The highest BCUT2D eigenvalue weighted by atomic mass is 16.5. The van der Waals surface area contributed by atoms with Crippen molar-refractivity contribution in [1.29, 1.82) is 0 Å². The van der Waals surface area contributed by atoms with Crippen LogP contribution in [-0.2, 0) is 11.3 Å². The second-order valence-electron chi connectivity index (χ2n) is 5.58. The highest BCUT2D eigenvalue weighted by Gasteiger charge is 2.16. The normalized spacial score (nSPS) is 12.0. The van der Waals surface area contributed by atoms with E-state index in [9.17, 15) is 4.79 Å². The van der Waals surface area contributed by atoms with Gasteiger partial charge in [-0.1, -0.05) is 6.07 Å². The molecule has 0 fully saturated rings. The zero-order valence-corrected chi connectivity index (χ0v) is 12.6. The Balaban J connectivity index is 2.01. The molecule has 0 unspecified atom stereocenters. The van der Waals surface area contributed by atoms with Crippen molar-refractivity contribution in [3.63, 3.8) is 0 Å². The van der Waals surface area contributed by atoms with Crippen molar-refractivity contribution in [3.8, 4) is 0 Å². The molecule has 0 saturated heterocycles. The fourth-order valence-electron chi connectivity index (χ4n) is 2.26. The lowest BCUT2D eigenvalue weighted by atomic mass is 10.1. The van der Waals surface area contributed by atoms with Crippen LogP contribution < -0.4 is 5.32 Å². The molecule has 2 rings (SSSR count). The van der Waals surface area contributed by atoms with Crippen molar-refractivity contribution in [2.24, 2.45) is 0 Å².